The summed E-state index contributed by atoms with van der Waals surface area (Å²) in [5.74, 6) is 0.245. The quantitative estimate of drug-likeness (QED) is 0.559. The largest absolute Gasteiger partial charge is 0.482 e. The number of anilines is 2. The molecule has 0 bridgehead atoms. The number of fused-ring (bicyclic) bond motifs is 1. The molecule has 0 unspecified atom stereocenters. The molecule has 2 heterocycles. The number of ether oxygens (including phenoxy) is 2. The summed E-state index contributed by atoms with van der Waals surface area (Å²) in [5, 5.41) is 6.37. The lowest BCUT2D eigenvalue weighted by Gasteiger charge is -2.35. The summed E-state index contributed by atoms with van der Waals surface area (Å²) in [5.41, 5.74) is 0.916. The number of benzene rings is 1. The van der Waals surface area contributed by atoms with E-state index in [0.717, 1.165) is 5.69 Å². The Balaban J connectivity index is 1.76. The van der Waals surface area contributed by atoms with Crippen molar-refractivity contribution in [2.24, 2.45) is 11.3 Å². The Morgan fingerprint density at radius 1 is 1.29 bits per heavy atom. The van der Waals surface area contributed by atoms with Crippen molar-refractivity contribution >= 4 is 29.1 Å². The fourth-order valence-corrected chi connectivity index (χ4v) is 4.30. The number of methoxy groups -OCH3 is 1. The number of rotatable bonds is 8. The minimum absolute atomic E-state index is 0.00125. The molecular formula is C25H38N4O5. The van der Waals surface area contributed by atoms with Crippen LogP contribution in [0.3, 0.4) is 0 Å². The Labute approximate surface area is 202 Å². The second-order valence-electron chi connectivity index (χ2n) is 9.93. The van der Waals surface area contributed by atoms with E-state index in [1.807, 2.05) is 45.9 Å². The van der Waals surface area contributed by atoms with Gasteiger partial charge in [0, 0.05) is 57.0 Å². The maximum atomic E-state index is 13.5. The average Bonchev–Trinajstić information content (AvgIpc) is 2.80. The predicted octanol–water partition coefficient (Wildman–Crippen LogP) is 1.94. The van der Waals surface area contributed by atoms with Crippen LogP contribution in [-0.4, -0.2) is 70.3 Å². The molecule has 1 aromatic rings. The number of hydrogen-bond acceptors (Lipinski definition) is 6. The number of amides is 3. The average molecular weight is 475 g/mol. The van der Waals surface area contributed by atoms with Gasteiger partial charge in [0.15, 0.2) is 6.61 Å². The molecule has 0 aromatic heterocycles. The minimum atomic E-state index is -0.482. The van der Waals surface area contributed by atoms with Gasteiger partial charge < -0.3 is 29.9 Å². The van der Waals surface area contributed by atoms with Crippen LogP contribution in [-0.2, 0) is 19.1 Å². The monoisotopic (exact) mass is 474 g/mol. The van der Waals surface area contributed by atoms with Gasteiger partial charge >= 0.3 is 0 Å². The first-order valence-electron chi connectivity index (χ1n) is 12.0. The molecule has 2 atom stereocenters. The van der Waals surface area contributed by atoms with Crippen LogP contribution in [0.5, 0.6) is 5.75 Å². The van der Waals surface area contributed by atoms with Crippen molar-refractivity contribution in [3.8, 4) is 5.75 Å². The Bertz CT molecular complexity index is 898. The molecule has 188 valence electrons. The molecule has 0 aliphatic carbocycles. The highest BCUT2D eigenvalue weighted by atomic mass is 16.5. The minimum Gasteiger partial charge on any atom is -0.482 e. The Morgan fingerprint density at radius 3 is 2.74 bits per heavy atom. The molecule has 0 radical (unpaired) electrons. The zero-order valence-electron chi connectivity index (χ0n) is 21.0. The van der Waals surface area contributed by atoms with Crippen LogP contribution >= 0.6 is 0 Å². The third kappa shape index (κ3) is 6.07. The normalized spacial score (nSPS) is 20.4. The van der Waals surface area contributed by atoms with E-state index < -0.39 is 5.41 Å². The summed E-state index contributed by atoms with van der Waals surface area (Å²) >= 11 is 0. The van der Waals surface area contributed by atoms with E-state index in [-0.39, 0.29) is 36.3 Å². The summed E-state index contributed by atoms with van der Waals surface area (Å²) in [6.45, 7) is 10.4. The van der Waals surface area contributed by atoms with Gasteiger partial charge in [0.1, 0.15) is 5.75 Å². The van der Waals surface area contributed by atoms with E-state index in [4.69, 9.17) is 9.47 Å². The topological polar surface area (TPSA) is 100 Å². The lowest BCUT2D eigenvalue weighted by atomic mass is 9.91. The van der Waals surface area contributed by atoms with Crippen molar-refractivity contribution < 1.29 is 23.9 Å². The standard InChI is InChI=1S/C25H38N4O5/c1-6-28(23(31)17-12-18(15-26-14-17)27-24(32)25(2,3)4)19-8-9-21-20(13-19)29(10-7-11-33-5)22(30)16-34-21/h8-9,13,17-18,26H,6-7,10-12,14-16H2,1-5H3,(H,27,32)/t17-,18+/m0/s1. The molecule has 3 amide bonds. The first-order valence-corrected chi connectivity index (χ1v) is 12.0. The third-order valence-corrected chi connectivity index (χ3v) is 6.23. The summed E-state index contributed by atoms with van der Waals surface area (Å²) < 4.78 is 10.8. The van der Waals surface area contributed by atoms with Crippen LogP contribution in [0.4, 0.5) is 11.4 Å². The van der Waals surface area contributed by atoms with Gasteiger partial charge in [-0.3, -0.25) is 14.4 Å². The highest BCUT2D eigenvalue weighted by Gasteiger charge is 2.34. The van der Waals surface area contributed by atoms with Crippen molar-refractivity contribution in [2.75, 3.05) is 56.3 Å². The number of carbonyl (C=O) groups excluding carboxylic acids is 3. The number of nitrogens with zero attached hydrogens (tertiary/aromatic N) is 2. The van der Waals surface area contributed by atoms with Gasteiger partial charge in [0.2, 0.25) is 11.8 Å². The molecule has 9 heteroatoms. The van der Waals surface area contributed by atoms with Crippen molar-refractivity contribution in [3.05, 3.63) is 18.2 Å². The maximum absolute atomic E-state index is 13.5. The summed E-state index contributed by atoms with van der Waals surface area (Å²) in [7, 11) is 1.64. The van der Waals surface area contributed by atoms with Crippen molar-refractivity contribution in [1.29, 1.82) is 0 Å². The molecule has 0 saturated carbocycles. The van der Waals surface area contributed by atoms with Crippen LogP contribution in [0.15, 0.2) is 18.2 Å². The highest BCUT2D eigenvalue weighted by molar-refractivity contribution is 6.00. The second kappa shape index (κ2) is 11.2. The summed E-state index contributed by atoms with van der Waals surface area (Å²) in [6.07, 6.45) is 1.29. The molecule has 2 aliphatic rings. The zero-order valence-corrected chi connectivity index (χ0v) is 21.0. The molecule has 2 aliphatic heterocycles. The lowest BCUT2D eigenvalue weighted by molar-refractivity contribution is -0.130. The van der Waals surface area contributed by atoms with Gasteiger partial charge in [-0.25, -0.2) is 0 Å². The number of hydrogen-bond donors (Lipinski definition) is 2. The number of nitrogens with one attached hydrogen (secondary N) is 2. The fraction of sp³-hybridized carbons (Fsp3) is 0.640. The van der Waals surface area contributed by atoms with Crippen molar-refractivity contribution in [1.82, 2.24) is 10.6 Å². The van der Waals surface area contributed by atoms with Gasteiger partial charge in [0.05, 0.1) is 11.6 Å². The third-order valence-electron chi connectivity index (χ3n) is 6.23. The highest BCUT2D eigenvalue weighted by Crippen LogP contribution is 2.36. The first-order chi connectivity index (χ1) is 16.2. The van der Waals surface area contributed by atoms with Gasteiger partial charge in [-0.05, 0) is 38.0 Å². The molecule has 1 fully saturated rings. The van der Waals surface area contributed by atoms with Crippen LogP contribution < -0.4 is 25.2 Å². The molecule has 1 aromatic carbocycles. The Kier molecular flexibility index (Phi) is 8.54. The molecule has 9 nitrogen and oxygen atoms in total. The van der Waals surface area contributed by atoms with E-state index in [1.54, 1.807) is 16.9 Å². The molecular weight excluding hydrogens is 436 g/mol. The van der Waals surface area contributed by atoms with E-state index in [0.29, 0.717) is 57.1 Å². The van der Waals surface area contributed by atoms with Crippen LogP contribution in [0.2, 0.25) is 0 Å². The van der Waals surface area contributed by atoms with Gasteiger partial charge in [-0.1, -0.05) is 20.8 Å². The number of carbonyl (C=O) groups is 3. The maximum Gasteiger partial charge on any atom is 0.265 e. The number of piperidine rings is 1. The van der Waals surface area contributed by atoms with Crippen LogP contribution in [0.1, 0.15) is 40.5 Å². The van der Waals surface area contributed by atoms with Crippen molar-refractivity contribution in [3.63, 3.8) is 0 Å². The summed E-state index contributed by atoms with van der Waals surface area (Å²) in [6, 6.07) is 5.44. The zero-order chi connectivity index (χ0) is 24.9. The molecule has 2 N–H and O–H groups in total. The molecule has 34 heavy (non-hydrogen) atoms. The summed E-state index contributed by atoms with van der Waals surface area (Å²) in [4.78, 5) is 41.9. The SMILES string of the molecule is CCN(C(=O)[C@@H]1CNC[C@H](NC(=O)C(C)(C)C)C1)c1ccc2c(c1)N(CCCOC)C(=O)CO2. The Hall–Kier alpha value is -2.65. The lowest BCUT2D eigenvalue weighted by Crippen LogP contribution is -2.54. The van der Waals surface area contributed by atoms with E-state index >= 15 is 0 Å². The Morgan fingerprint density at radius 2 is 2.06 bits per heavy atom. The first kappa shape index (κ1) is 26.0. The van der Waals surface area contributed by atoms with Gasteiger partial charge in [0.25, 0.3) is 5.91 Å². The molecule has 3 rings (SSSR count). The van der Waals surface area contributed by atoms with Crippen LogP contribution in [0, 0.1) is 11.3 Å². The predicted molar refractivity (Wildman–Crippen MR) is 131 cm³/mol. The second-order valence-corrected chi connectivity index (χ2v) is 9.93. The van der Waals surface area contributed by atoms with Crippen molar-refractivity contribution in [2.45, 2.75) is 46.6 Å². The van der Waals surface area contributed by atoms with Gasteiger partial charge in [-0.2, -0.15) is 0 Å². The molecule has 1 saturated heterocycles. The van der Waals surface area contributed by atoms with E-state index in [2.05, 4.69) is 10.6 Å². The van der Waals surface area contributed by atoms with Crippen LogP contribution in [0.25, 0.3) is 0 Å². The van der Waals surface area contributed by atoms with E-state index in [9.17, 15) is 14.4 Å². The fourth-order valence-electron chi connectivity index (χ4n) is 4.30. The smallest absolute Gasteiger partial charge is 0.265 e. The molecule has 0 spiro atoms. The van der Waals surface area contributed by atoms with E-state index in [1.165, 1.54) is 0 Å². The van der Waals surface area contributed by atoms with Gasteiger partial charge in [-0.15, -0.1) is 0 Å².